The van der Waals surface area contributed by atoms with Crippen LogP contribution in [0, 0.1) is 0 Å². The summed E-state index contributed by atoms with van der Waals surface area (Å²) in [7, 11) is 0. The maximum absolute atomic E-state index is 10.6. The summed E-state index contributed by atoms with van der Waals surface area (Å²) < 4.78 is 0. The van der Waals surface area contributed by atoms with E-state index in [1.54, 1.807) is 5.43 Å². The number of carbonyl (C=O) groups excluding carboxylic acids is 1. The van der Waals surface area contributed by atoms with E-state index < -0.39 is 6.03 Å². The number of hydrazine groups is 1. The van der Waals surface area contributed by atoms with E-state index in [9.17, 15) is 9.90 Å². The third-order valence-corrected chi connectivity index (χ3v) is 1.49. The number of para-hydroxylation sites is 1. The summed E-state index contributed by atoms with van der Waals surface area (Å²) >= 11 is 0. The topological polar surface area (TPSA) is 108 Å². The molecule has 0 saturated heterocycles. The maximum Gasteiger partial charge on any atom is 0.355 e. The van der Waals surface area contributed by atoms with Gasteiger partial charge in [-0.3, -0.25) is 5.43 Å². The molecule has 6 nitrogen and oxygen atoms in total. The number of nitrogens with zero attached hydrogens (tertiary/aromatic N) is 1. The summed E-state index contributed by atoms with van der Waals surface area (Å²) in [6.07, 6.45) is 1.09. The molecule has 0 saturated carbocycles. The molecule has 1 aromatic rings. The first-order valence-corrected chi connectivity index (χ1v) is 3.70. The molecular weight excluding hydrogens is 186 g/mol. The summed E-state index contributed by atoms with van der Waals surface area (Å²) in [5.41, 5.74) is 2.02. The lowest BCUT2D eigenvalue weighted by atomic mass is 10.2. The Morgan fingerprint density at radius 3 is 2.86 bits per heavy atom. The quantitative estimate of drug-likeness (QED) is 0.167. The second-order valence-electron chi connectivity index (χ2n) is 2.42. The highest BCUT2D eigenvalue weighted by Crippen LogP contribution is 2.26. The first kappa shape index (κ1) is 10.0. The van der Waals surface area contributed by atoms with Crippen molar-refractivity contribution >= 4 is 12.2 Å². The van der Waals surface area contributed by atoms with Crippen LogP contribution in [0.15, 0.2) is 23.2 Å². The van der Waals surface area contributed by atoms with Crippen molar-refractivity contribution in [1.29, 1.82) is 0 Å². The molecule has 1 aromatic carbocycles. The maximum atomic E-state index is 10.6. The Morgan fingerprint density at radius 1 is 1.50 bits per heavy atom. The first-order chi connectivity index (χ1) is 6.65. The number of phenolic OH excluding ortho intramolecular Hbond substituents is 2. The van der Waals surface area contributed by atoms with Gasteiger partial charge in [0.1, 0.15) is 0 Å². The fourth-order valence-electron chi connectivity index (χ4n) is 0.818. The van der Waals surface area contributed by atoms with E-state index in [4.69, 9.17) is 10.9 Å². The number of urea groups is 1. The zero-order valence-electron chi connectivity index (χ0n) is 7.14. The smallest absolute Gasteiger partial charge is 0.355 e. The lowest BCUT2D eigenvalue weighted by Crippen LogP contribution is -2.26. The number of rotatable bonds is 1. The second-order valence-corrected chi connectivity index (χ2v) is 2.42. The molecule has 5 N–H and O–H groups in total. The fraction of sp³-hybridized carbons (Fsp3) is 0. The predicted octanol–water partition coefficient (Wildman–Crippen LogP) is 0.1000. The van der Waals surface area contributed by atoms with E-state index in [2.05, 4.69) is 4.99 Å². The Morgan fingerprint density at radius 2 is 2.21 bits per heavy atom. The van der Waals surface area contributed by atoms with Gasteiger partial charge in [0.15, 0.2) is 11.5 Å². The van der Waals surface area contributed by atoms with E-state index in [-0.39, 0.29) is 17.1 Å². The molecule has 0 atom stereocenters. The second kappa shape index (κ2) is 4.24. The van der Waals surface area contributed by atoms with Crippen molar-refractivity contribution < 1.29 is 15.0 Å². The number of hydrogen-bond acceptors (Lipinski definition) is 4. The van der Waals surface area contributed by atoms with Gasteiger partial charge >= 0.3 is 6.03 Å². The highest BCUT2D eigenvalue weighted by molar-refractivity contribution is 5.93. The summed E-state index contributed by atoms with van der Waals surface area (Å²) in [6, 6.07) is 3.57. The van der Waals surface area contributed by atoms with Crippen LogP contribution < -0.4 is 11.3 Å². The number of nitrogens with two attached hydrogens (primary N) is 1. The van der Waals surface area contributed by atoms with Crippen molar-refractivity contribution in [2.45, 2.75) is 0 Å². The van der Waals surface area contributed by atoms with Gasteiger partial charge in [-0.25, -0.2) is 15.6 Å². The highest BCUT2D eigenvalue weighted by atomic mass is 16.3. The average molecular weight is 195 g/mol. The molecule has 1 rings (SSSR count). The minimum absolute atomic E-state index is 0.230. The van der Waals surface area contributed by atoms with Gasteiger partial charge in [-0.15, -0.1) is 0 Å². The van der Waals surface area contributed by atoms with Crippen LogP contribution in [0.3, 0.4) is 0 Å². The Hall–Kier alpha value is -2.08. The molecule has 0 spiro atoms. The van der Waals surface area contributed by atoms with E-state index in [1.807, 2.05) is 0 Å². The van der Waals surface area contributed by atoms with E-state index >= 15 is 0 Å². The lowest BCUT2D eigenvalue weighted by Gasteiger charge is -1.99. The Balaban J connectivity index is 2.92. The summed E-state index contributed by atoms with van der Waals surface area (Å²) in [4.78, 5) is 13.9. The van der Waals surface area contributed by atoms with Crippen molar-refractivity contribution in [2.24, 2.45) is 10.8 Å². The van der Waals surface area contributed by atoms with Crippen LogP contribution in [0.2, 0.25) is 0 Å². The third kappa shape index (κ3) is 2.20. The minimum Gasteiger partial charge on any atom is -0.504 e. The van der Waals surface area contributed by atoms with E-state index in [0.717, 1.165) is 6.21 Å². The van der Waals surface area contributed by atoms with Gasteiger partial charge in [-0.1, -0.05) is 6.07 Å². The van der Waals surface area contributed by atoms with Crippen molar-refractivity contribution in [3.05, 3.63) is 23.8 Å². The molecule has 0 radical (unpaired) electrons. The molecule has 0 bridgehead atoms. The van der Waals surface area contributed by atoms with Gasteiger partial charge < -0.3 is 10.2 Å². The van der Waals surface area contributed by atoms with Crippen molar-refractivity contribution in [2.75, 3.05) is 0 Å². The number of hydrogen-bond donors (Lipinski definition) is 4. The molecule has 0 aliphatic rings. The van der Waals surface area contributed by atoms with Crippen LogP contribution in [0.25, 0.3) is 0 Å². The van der Waals surface area contributed by atoms with Gasteiger partial charge in [-0.05, 0) is 12.1 Å². The molecule has 0 heterocycles. The average Bonchev–Trinajstić information content (AvgIpc) is 2.20. The molecule has 0 aromatic heterocycles. The number of nitrogens with one attached hydrogen (secondary N) is 1. The molecule has 0 fully saturated rings. The van der Waals surface area contributed by atoms with E-state index in [1.165, 1.54) is 18.2 Å². The third-order valence-electron chi connectivity index (χ3n) is 1.49. The molecular formula is C8H9N3O3. The summed E-state index contributed by atoms with van der Waals surface area (Å²) in [6.45, 7) is 0. The summed E-state index contributed by atoms with van der Waals surface area (Å²) in [5.74, 6) is 4.17. The van der Waals surface area contributed by atoms with Crippen LogP contribution in [-0.4, -0.2) is 22.5 Å². The van der Waals surface area contributed by atoms with Crippen LogP contribution in [0.5, 0.6) is 11.5 Å². The van der Waals surface area contributed by atoms with Crippen LogP contribution in [0.1, 0.15) is 5.56 Å². The molecule has 14 heavy (non-hydrogen) atoms. The SMILES string of the molecule is NNC(=O)N=Cc1cccc(O)c1O. The molecule has 0 aliphatic heterocycles. The van der Waals surface area contributed by atoms with Gasteiger partial charge in [0.25, 0.3) is 0 Å². The van der Waals surface area contributed by atoms with Gasteiger partial charge in [-0.2, -0.15) is 0 Å². The highest BCUT2D eigenvalue weighted by Gasteiger charge is 2.03. The number of phenols is 2. The zero-order chi connectivity index (χ0) is 10.6. The van der Waals surface area contributed by atoms with Crippen molar-refractivity contribution in [3.63, 3.8) is 0 Å². The minimum atomic E-state index is -0.743. The normalized spacial score (nSPS) is 10.4. The Bertz CT molecular complexity index is 376. The predicted molar refractivity (Wildman–Crippen MR) is 50.1 cm³/mol. The molecule has 0 aliphatic carbocycles. The number of amides is 2. The molecule has 6 heteroatoms. The van der Waals surface area contributed by atoms with Gasteiger partial charge in [0.2, 0.25) is 0 Å². The monoisotopic (exact) mass is 195 g/mol. The molecule has 0 unspecified atom stereocenters. The van der Waals surface area contributed by atoms with Crippen LogP contribution in [0.4, 0.5) is 4.79 Å². The van der Waals surface area contributed by atoms with Crippen molar-refractivity contribution in [3.8, 4) is 11.5 Å². The number of aromatic hydroxyl groups is 2. The first-order valence-electron chi connectivity index (χ1n) is 3.70. The van der Waals surface area contributed by atoms with E-state index in [0.29, 0.717) is 0 Å². The standard InChI is InChI=1S/C8H9N3O3/c9-11-8(14)10-4-5-2-1-3-6(12)7(5)13/h1-4,12-13H,9H2,(H,11,14). The largest absolute Gasteiger partial charge is 0.504 e. The van der Waals surface area contributed by atoms with Crippen molar-refractivity contribution in [1.82, 2.24) is 5.43 Å². The molecule has 2 amide bonds. The molecule has 74 valence electrons. The summed E-state index contributed by atoms with van der Waals surface area (Å²) in [5, 5.41) is 18.4. The van der Waals surface area contributed by atoms with Crippen LogP contribution in [-0.2, 0) is 0 Å². The van der Waals surface area contributed by atoms with Gasteiger partial charge in [0, 0.05) is 11.8 Å². The zero-order valence-corrected chi connectivity index (χ0v) is 7.14. The van der Waals surface area contributed by atoms with Crippen LogP contribution >= 0.6 is 0 Å². The Kier molecular flexibility index (Phi) is 3.03. The lowest BCUT2D eigenvalue weighted by molar-refractivity contribution is 0.249. The number of aliphatic imine (C=N–C) groups is 1. The van der Waals surface area contributed by atoms with Gasteiger partial charge in [0.05, 0.1) is 0 Å². The fourth-order valence-corrected chi connectivity index (χ4v) is 0.818. The number of benzene rings is 1. The Labute approximate surface area is 79.7 Å². The number of carbonyl (C=O) groups is 1.